The molecule has 2 aromatic carbocycles. The Bertz CT molecular complexity index is 1560. The van der Waals surface area contributed by atoms with Gasteiger partial charge in [-0.3, -0.25) is 9.20 Å². The van der Waals surface area contributed by atoms with Gasteiger partial charge in [0.05, 0.1) is 22.8 Å². The fourth-order valence-corrected chi connectivity index (χ4v) is 6.46. The molecular formula is C29H27N5OS. The minimum Gasteiger partial charge on any atom is -0.397 e. The number of benzene rings is 2. The van der Waals surface area contributed by atoms with Crippen molar-refractivity contribution in [1.29, 1.82) is 0 Å². The Balaban J connectivity index is 1.32. The van der Waals surface area contributed by atoms with Crippen molar-refractivity contribution < 1.29 is 4.79 Å². The number of amides is 1. The lowest BCUT2D eigenvalue weighted by molar-refractivity contribution is 0.102. The maximum atomic E-state index is 12.8. The predicted molar refractivity (Wildman–Crippen MR) is 146 cm³/mol. The van der Waals surface area contributed by atoms with Crippen molar-refractivity contribution in [3.05, 3.63) is 100 Å². The molecule has 1 fully saturated rings. The molecule has 7 heteroatoms. The maximum Gasteiger partial charge on any atom is 0.255 e. The number of nitrogen functional groups attached to an aromatic ring is 1. The van der Waals surface area contributed by atoms with Gasteiger partial charge in [0.25, 0.3) is 5.91 Å². The first-order chi connectivity index (χ1) is 17.5. The lowest BCUT2D eigenvalue weighted by Gasteiger charge is -2.27. The summed E-state index contributed by atoms with van der Waals surface area (Å²) in [6, 6.07) is 21.3. The Kier molecular flexibility index (Phi) is 5.57. The zero-order valence-corrected chi connectivity index (χ0v) is 20.9. The number of rotatable bonds is 5. The number of carbonyl (C=O) groups excluding carboxylic acids is 1. The normalized spacial score (nSPS) is 14.8. The number of thiazole rings is 1. The Morgan fingerprint density at radius 1 is 1.00 bits per heavy atom. The molecule has 3 heterocycles. The summed E-state index contributed by atoms with van der Waals surface area (Å²) in [4.78, 5) is 22.7. The van der Waals surface area contributed by atoms with E-state index in [1.807, 2.05) is 55.6 Å². The number of nitrogens with two attached hydrogens (primary N) is 1. The number of aryl methyl sites for hydroxylation is 1. The highest BCUT2D eigenvalue weighted by atomic mass is 32.1. The van der Waals surface area contributed by atoms with E-state index in [1.165, 1.54) is 18.4 Å². The van der Waals surface area contributed by atoms with Crippen molar-refractivity contribution in [3.63, 3.8) is 0 Å². The SMILES string of the molecule is Cc1nc2ccccn2c1-c1csc(C2(c3ccc(C(=O)Nc4ccccc4N)cc3)CCCC2)n1. The summed E-state index contributed by atoms with van der Waals surface area (Å²) in [5.74, 6) is -0.167. The Labute approximate surface area is 213 Å². The van der Waals surface area contributed by atoms with Crippen LogP contribution in [0.1, 0.15) is 52.3 Å². The quantitative estimate of drug-likeness (QED) is 0.275. The number of aromatic nitrogens is 3. The Hall–Kier alpha value is -3.97. The Morgan fingerprint density at radius 3 is 2.53 bits per heavy atom. The molecule has 0 saturated heterocycles. The van der Waals surface area contributed by atoms with Crippen molar-refractivity contribution in [3.8, 4) is 11.4 Å². The van der Waals surface area contributed by atoms with Crippen LogP contribution >= 0.6 is 11.3 Å². The molecule has 0 spiro atoms. The van der Waals surface area contributed by atoms with Crippen molar-refractivity contribution in [2.24, 2.45) is 0 Å². The molecule has 3 aromatic heterocycles. The van der Waals surface area contributed by atoms with Gasteiger partial charge >= 0.3 is 0 Å². The molecule has 0 unspecified atom stereocenters. The van der Waals surface area contributed by atoms with Crippen LogP contribution in [0, 0.1) is 6.92 Å². The number of anilines is 2. The summed E-state index contributed by atoms with van der Waals surface area (Å²) < 4.78 is 2.11. The van der Waals surface area contributed by atoms with Gasteiger partial charge in [0.15, 0.2) is 0 Å². The Morgan fingerprint density at radius 2 is 1.75 bits per heavy atom. The minimum atomic E-state index is -0.167. The molecule has 0 radical (unpaired) electrons. The van der Waals surface area contributed by atoms with Gasteiger partial charge in [-0.1, -0.05) is 43.2 Å². The van der Waals surface area contributed by atoms with Crippen LogP contribution in [0.4, 0.5) is 11.4 Å². The molecule has 5 aromatic rings. The summed E-state index contributed by atoms with van der Waals surface area (Å²) >= 11 is 1.72. The number of para-hydroxylation sites is 2. The number of pyridine rings is 1. The molecular weight excluding hydrogens is 466 g/mol. The van der Waals surface area contributed by atoms with E-state index >= 15 is 0 Å². The second-order valence-electron chi connectivity index (χ2n) is 9.42. The summed E-state index contributed by atoms with van der Waals surface area (Å²) in [5.41, 5.74) is 12.8. The van der Waals surface area contributed by atoms with E-state index in [0.29, 0.717) is 16.9 Å². The summed E-state index contributed by atoms with van der Waals surface area (Å²) in [6.07, 6.45) is 6.48. The lowest BCUT2D eigenvalue weighted by Crippen LogP contribution is -2.24. The van der Waals surface area contributed by atoms with Crippen molar-refractivity contribution in [2.75, 3.05) is 11.1 Å². The summed E-state index contributed by atoms with van der Waals surface area (Å²) in [7, 11) is 0. The van der Waals surface area contributed by atoms with E-state index in [-0.39, 0.29) is 11.3 Å². The molecule has 1 aliphatic rings. The van der Waals surface area contributed by atoms with Crippen molar-refractivity contribution in [2.45, 2.75) is 38.0 Å². The number of nitrogens with one attached hydrogen (secondary N) is 1. The van der Waals surface area contributed by atoms with Crippen LogP contribution in [-0.2, 0) is 5.41 Å². The zero-order chi connectivity index (χ0) is 24.7. The second kappa shape index (κ2) is 8.91. The average molecular weight is 494 g/mol. The second-order valence-corrected chi connectivity index (χ2v) is 10.3. The van der Waals surface area contributed by atoms with E-state index in [9.17, 15) is 4.79 Å². The number of carbonyl (C=O) groups is 1. The smallest absolute Gasteiger partial charge is 0.255 e. The molecule has 1 aliphatic carbocycles. The van der Waals surface area contributed by atoms with Crippen LogP contribution in [0.15, 0.2) is 78.3 Å². The van der Waals surface area contributed by atoms with Crippen LogP contribution in [0.2, 0.25) is 0 Å². The first kappa shape index (κ1) is 22.5. The molecule has 0 aliphatic heterocycles. The first-order valence-corrected chi connectivity index (χ1v) is 13.1. The third-order valence-corrected chi connectivity index (χ3v) is 8.27. The monoisotopic (exact) mass is 493 g/mol. The van der Waals surface area contributed by atoms with Gasteiger partial charge < -0.3 is 11.1 Å². The van der Waals surface area contributed by atoms with Crippen molar-refractivity contribution in [1.82, 2.24) is 14.4 Å². The van der Waals surface area contributed by atoms with Crippen LogP contribution in [0.25, 0.3) is 17.0 Å². The van der Waals surface area contributed by atoms with Gasteiger partial charge in [-0.2, -0.15) is 0 Å². The molecule has 3 N–H and O–H groups in total. The number of nitrogens with zero attached hydrogens (tertiary/aromatic N) is 3. The third kappa shape index (κ3) is 3.76. The molecule has 0 atom stereocenters. The molecule has 180 valence electrons. The van der Waals surface area contributed by atoms with Gasteiger partial charge in [0.2, 0.25) is 0 Å². The topological polar surface area (TPSA) is 85.3 Å². The van der Waals surface area contributed by atoms with E-state index in [1.54, 1.807) is 23.5 Å². The molecule has 36 heavy (non-hydrogen) atoms. The first-order valence-electron chi connectivity index (χ1n) is 12.2. The van der Waals surface area contributed by atoms with Gasteiger partial charge in [0.1, 0.15) is 16.3 Å². The molecule has 1 amide bonds. The van der Waals surface area contributed by atoms with Gasteiger partial charge in [-0.15, -0.1) is 11.3 Å². The standard InChI is InChI=1S/C29H27N5OS/c1-19-26(34-17-7-4-10-25(34)31-19)24-18-36-28(33-24)29(15-5-6-16-29)21-13-11-20(12-14-21)27(35)32-23-9-3-2-8-22(23)30/h2-4,7-14,17-18H,5-6,15-16,30H2,1H3,(H,32,35). The number of fused-ring (bicyclic) bond motifs is 1. The number of imidazole rings is 1. The molecule has 6 rings (SSSR count). The third-order valence-electron chi connectivity index (χ3n) is 7.23. The lowest BCUT2D eigenvalue weighted by atomic mass is 9.79. The summed E-state index contributed by atoms with van der Waals surface area (Å²) in [6.45, 7) is 2.04. The van der Waals surface area contributed by atoms with E-state index in [0.717, 1.165) is 40.6 Å². The van der Waals surface area contributed by atoms with Gasteiger partial charge in [-0.05, 0) is 61.7 Å². The highest BCUT2D eigenvalue weighted by molar-refractivity contribution is 7.10. The zero-order valence-electron chi connectivity index (χ0n) is 20.1. The number of hydrogen-bond donors (Lipinski definition) is 2. The van der Waals surface area contributed by atoms with E-state index in [2.05, 4.69) is 27.2 Å². The van der Waals surface area contributed by atoms with Crippen LogP contribution in [-0.4, -0.2) is 20.3 Å². The highest BCUT2D eigenvalue weighted by Crippen LogP contribution is 2.48. The maximum absolute atomic E-state index is 12.8. The minimum absolute atomic E-state index is 0.129. The van der Waals surface area contributed by atoms with Crippen LogP contribution < -0.4 is 11.1 Å². The average Bonchev–Trinajstić information content (AvgIpc) is 3.64. The van der Waals surface area contributed by atoms with E-state index < -0.39 is 0 Å². The molecule has 0 bridgehead atoms. The fourth-order valence-electron chi connectivity index (χ4n) is 5.37. The van der Waals surface area contributed by atoms with E-state index in [4.69, 9.17) is 15.7 Å². The van der Waals surface area contributed by atoms with Crippen molar-refractivity contribution >= 4 is 34.3 Å². The molecule has 1 saturated carbocycles. The van der Waals surface area contributed by atoms with Crippen LogP contribution in [0.3, 0.4) is 0 Å². The fraction of sp³-hybridized carbons (Fsp3) is 0.207. The summed E-state index contributed by atoms with van der Waals surface area (Å²) in [5, 5.41) is 6.20. The molecule has 6 nitrogen and oxygen atoms in total. The largest absolute Gasteiger partial charge is 0.397 e. The highest BCUT2D eigenvalue weighted by Gasteiger charge is 2.40. The van der Waals surface area contributed by atoms with Gasteiger partial charge in [0, 0.05) is 22.6 Å². The number of hydrogen-bond acceptors (Lipinski definition) is 5. The van der Waals surface area contributed by atoms with Gasteiger partial charge in [-0.25, -0.2) is 9.97 Å². The van der Waals surface area contributed by atoms with Crippen LogP contribution in [0.5, 0.6) is 0 Å². The predicted octanol–water partition coefficient (Wildman–Crippen LogP) is 6.46.